The SMILES string of the molecule is CN(C)/C=N/c1ncnc2c1[nH]c[n+]2C1CC(O)C(CO)O1. The topological polar surface area (TPSA) is 111 Å². The first-order chi connectivity index (χ1) is 10.6. The highest BCUT2D eigenvalue weighted by Crippen LogP contribution is 2.26. The highest BCUT2D eigenvalue weighted by atomic mass is 16.5. The van der Waals surface area contributed by atoms with Gasteiger partial charge in [0.25, 0.3) is 0 Å². The number of nitrogens with zero attached hydrogens (tertiary/aromatic N) is 5. The molecule has 0 aliphatic carbocycles. The Bertz CT molecular complexity index is 685. The minimum Gasteiger partial charge on any atom is -0.394 e. The van der Waals surface area contributed by atoms with Crippen LogP contribution in [0.15, 0.2) is 17.6 Å². The Morgan fingerprint density at radius 2 is 2.36 bits per heavy atom. The monoisotopic (exact) mass is 307 g/mol. The molecule has 3 atom stereocenters. The Balaban J connectivity index is 1.95. The van der Waals surface area contributed by atoms with Crippen LogP contribution in [-0.4, -0.2) is 69.3 Å². The molecule has 3 unspecified atom stereocenters. The molecule has 0 radical (unpaired) electrons. The quantitative estimate of drug-likeness (QED) is 0.384. The van der Waals surface area contributed by atoms with E-state index in [1.807, 2.05) is 19.0 Å². The molecule has 0 amide bonds. The summed E-state index contributed by atoms with van der Waals surface area (Å²) in [6, 6.07) is 0. The summed E-state index contributed by atoms with van der Waals surface area (Å²) >= 11 is 0. The van der Waals surface area contributed by atoms with Crippen LogP contribution in [-0.2, 0) is 4.74 Å². The number of aliphatic hydroxyl groups is 2. The molecular weight excluding hydrogens is 288 g/mol. The zero-order valence-electron chi connectivity index (χ0n) is 12.4. The average Bonchev–Trinajstić information content (AvgIpc) is 3.08. The summed E-state index contributed by atoms with van der Waals surface area (Å²) in [5.74, 6) is 0.523. The minimum atomic E-state index is -0.694. The van der Waals surface area contributed by atoms with Crippen molar-refractivity contribution in [3.63, 3.8) is 0 Å². The maximum absolute atomic E-state index is 9.86. The molecule has 1 fully saturated rings. The van der Waals surface area contributed by atoms with Crippen molar-refractivity contribution >= 4 is 23.3 Å². The van der Waals surface area contributed by atoms with Gasteiger partial charge in [-0.3, -0.25) is 4.98 Å². The van der Waals surface area contributed by atoms with Gasteiger partial charge in [-0.05, 0) is 0 Å². The van der Waals surface area contributed by atoms with Gasteiger partial charge in [0, 0.05) is 20.5 Å². The van der Waals surface area contributed by atoms with Crippen LogP contribution in [0.2, 0.25) is 0 Å². The fraction of sp³-hybridized carbons (Fsp3) is 0.538. The van der Waals surface area contributed by atoms with E-state index in [0.29, 0.717) is 23.4 Å². The number of aromatic nitrogens is 4. The summed E-state index contributed by atoms with van der Waals surface area (Å²) < 4.78 is 7.43. The van der Waals surface area contributed by atoms with Crippen LogP contribution >= 0.6 is 0 Å². The first-order valence-corrected chi connectivity index (χ1v) is 6.98. The van der Waals surface area contributed by atoms with E-state index in [9.17, 15) is 10.2 Å². The Morgan fingerprint density at radius 3 is 3.05 bits per heavy atom. The molecule has 0 saturated carbocycles. The highest BCUT2D eigenvalue weighted by Gasteiger charge is 2.37. The van der Waals surface area contributed by atoms with Crippen molar-refractivity contribution in [2.24, 2.45) is 4.99 Å². The maximum atomic E-state index is 9.86. The number of imidazole rings is 1. The summed E-state index contributed by atoms with van der Waals surface area (Å²) in [4.78, 5) is 17.6. The van der Waals surface area contributed by atoms with E-state index in [1.165, 1.54) is 6.33 Å². The molecule has 3 N–H and O–H groups in total. The number of hydrogen-bond acceptors (Lipinski definition) is 6. The van der Waals surface area contributed by atoms with Crippen LogP contribution in [0.1, 0.15) is 12.6 Å². The third-order valence-electron chi connectivity index (χ3n) is 3.51. The van der Waals surface area contributed by atoms with Gasteiger partial charge in [0.1, 0.15) is 6.10 Å². The van der Waals surface area contributed by atoms with E-state index in [-0.39, 0.29) is 12.8 Å². The highest BCUT2D eigenvalue weighted by molar-refractivity contribution is 5.80. The van der Waals surface area contributed by atoms with E-state index < -0.39 is 12.2 Å². The van der Waals surface area contributed by atoms with Crippen LogP contribution in [0.25, 0.3) is 11.2 Å². The van der Waals surface area contributed by atoms with Crippen LogP contribution in [0.4, 0.5) is 5.82 Å². The first kappa shape index (κ1) is 14.8. The largest absolute Gasteiger partial charge is 0.394 e. The van der Waals surface area contributed by atoms with Gasteiger partial charge in [-0.15, -0.1) is 0 Å². The van der Waals surface area contributed by atoms with Gasteiger partial charge in [0.2, 0.25) is 11.3 Å². The van der Waals surface area contributed by atoms with Gasteiger partial charge in [-0.1, -0.05) is 4.98 Å². The molecule has 0 aromatic carbocycles. The van der Waals surface area contributed by atoms with Gasteiger partial charge >= 0.3 is 5.65 Å². The number of H-pyrrole nitrogens is 1. The van der Waals surface area contributed by atoms with Crippen molar-refractivity contribution in [2.75, 3.05) is 20.7 Å². The number of rotatable bonds is 4. The zero-order chi connectivity index (χ0) is 15.7. The van der Waals surface area contributed by atoms with Crippen molar-refractivity contribution in [1.29, 1.82) is 0 Å². The number of aliphatic imine (C=N–C) groups is 1. The maximum Gasteiger partial charge on any atom is 0.309 e. The van der Waals surface area contributed by atoms with E-state index >= 15 is 0 Å². The summed E-state index contributed by atoms with van der Waals surface area (Å²) in [5, 5.41) is 19.0. The first-order valence-electron chi connectivity index (χ1n) is 6.98. The third-order valence-corrected chi connectivity index (χ3v) is 3.51. The second kappa shape index (κ2) is 5.95. The number of fused-ring (bicyclic) bond motifs is 1. The Labute approximate surface area is 126 Å². The Morgan fingerprint density at radius 1 is 1.55 bits per heavy atom. The fourth-order valence-electron chi connectivity index (χ4n) is 2.43. The second-order valence-electron chi connectivity index (χ2n) is 5.40. The number of hydrogen-bond donors (Lipinski definition) is 3. The fourth-order valence-corrected chi connectivity index (χ4v) is 2.43. The molecular formula is C13H19N6O3+. The van der Waals surface area contributed by atoms with Crippen LogP contribution < -0.4 is 4.57 Å². The number of nitrogens with one attached hydrogen (secondary N) is 1. The number of aromatic amines is 1. The van der Waals surface area contributed by atoms with Crippen molar-refractivity contribution < 1.29 is 19.5 Å². The molecule has 1 aliphatic rings. The molecule has 2 aromatic rings. The van der Waals surface area contributed by atoms with Crippen molar-refractivity contribution in [3.05, 3.63) is 12.7 Å². The van der Waals surface area contributed by atoms with E-state index in [4.69, 9.17) is 4.74 Å². The van der Waals surface area contributed by atoms with Gasteiger partial charge in [-0.2, -0.15) is 4.98 Å². The lowest BCUT2D eigenvalue weighted by Gasteiger charge is -2.10. The Hall–Kier alpha value is -2.10. The predicted octanol–water partition coefficient (Wildman–Crippen LogP) is -0.893. The third kappa shape index (κ3) is 2.65. The lowest BCUT2D eigenvalue weighted by atomic mass is 10.2. The molecule has 0 bridgehead atoms. The summed E-state index contributed by atoms with van der Waals surface area (Å²) in [6.45, 7) is -0.214. The van der Waals surface area contributed by atoms with E-state index in [2.05, 4.69) is 19.9 Å². The minimum absolute atomic E-state index is 0.214. The van der Waals surface area contributed by atoms with Crippen LogP contribution in [0.5, 0.6) is 0 Å². The lowest BCUT2D eigenvalue weighted by molar-refractivity contribution is -0.738. The van der Waals surface area contributed by atoms with E-state index in [1.54, 1.807) is 17.2 Å². The molecule has 2 aromatic heterocycles. The smallest absolute Gasteiger partial charge is 0.309 e. The summed E-state index contributed by atoms with van der Waals surface area (Å²) in [5.41, 5.74) is 1.32. The van der Waals surface area contributed by atoms with Crippen LogP contribution in [0.3, 0.4) is 0 Å². The van der Waals surface area contributed by atoms with E-state index in [0.717, 1.165) is 0 Å². The summed E-state index contributed by atoms with van der Waals surface area (Å²) in [6.07, 6.45) is 3.54. The number of aliphatic hydroxyl groups excluding tert-OH is 2. The van der Waals surface area contributed by atoms with Gasteiger partial charge in [0.05, 0.1) is 19.0 Å². The van der Waals surface area contributed by atoms with Gasteiger partial charge in [0.15, 0.2) is 18.9 Å². The molecule has 0 spiro atoms. The normalized spacial score (nSPS) is 25.4. The molecule has 9 nitrogen and oxygen atoms in total. The lowest BCUT2D eigenvalue weighted by Crippen LogP contribution is -2.39. The Kier molecular flexibility index (Phi) is 4.01. The molecule has 3 rings (SSSR count). The molecule has 3 heterocycles. The average molecular weight is 307 g/mol. The van der Waals surface area contributed by atoms with Crippen molar-refractivity contribution in [2.45, 2.75) is 24.9 Å². The van der Waals surface area contributed by atoms with Crippen molar-refractivity contribution in [1.82, 2.24) is 19.9 Å². The molecule has 118 valence electrons. The summed E-state index contributed by atoms with van der Waals surface area (Å²) in [7, 11) is 3.75. The van der Waals surface area contributed by atoms with Gasteiger partial charge < -0.3 is 19.8 Å². The van der Waals surface area contributed by atoms with Gasteiger partial charge in [-0.25, -0.2) is 9.56 Å². The number of ether oxygens (including phenoxy) is 1. The zero-order valence-corrected chi connectivity index (χ0v) is 12.4. The standard InChI is InChI=1S/C13H18N6O3/c1-18(2)6-17-12-11-13(15-5-14-12)19(7-16-11)10-3-8(21)9(4-20)22-10/h5-10,20-21H,3-4H2,1-2H3/p+1/b17-6+. The van der Waals surface area contributed by atoms with Crippen molar-refractivity contribution in [3.8, 4) is 0 Å². The second-order valence-corrected chi connectivity index (χ2v) is 5.40. The molecule has 1 saturated heterocycles. The predicted molar refractivity (Wildman–Crippen MR) is 77.5 cm³/mol. The molecule has 1 aliphatic heterocycles. The van der Waals surface area contributed by atoms with Crippen LogP contribution in [0, 0.1) is 0 Å². The molecule has 22 heavy (non-hydrogen) atoms. The molecule has 9 heteroatoms.